The molecule has 1 N–H and O–H groups in total. The number of hydrogen-bond acceptors (Lipinski definition) is 7. The third-order valence-electron chi connectivity index (χ3n) is 5.26. The predicted octanol–water partition coefficient (Wildman–Crippen LogP) is 2.27. The zero-order valence-electron chi connectivity index (χ0n) is 17.3. The number of methoxy groups -OCH3 is 2. The Kier molecular flexibility index (Phi) is 7.24. The standard InChI is InChI=1S/C20H27N3O6S/c1-4-29-19(24)17-13-21-22-18(17)14-5-7-16(8-6-14)30(25,26)23-11-9-15(10-12-23)20(27-2)28-3/h5-8,13,15,20H,4,9-12H2,1-3H3,(H,21,22). The highest BCUT2D eigenvalue weighted by atomic mass is 32.2. The molecule has 30 heavy (non-hydrogen) atoms. The minimum Gasteiger partial charge on any atom is -0.462 e. The van der Waals surface area contributed by atoms with E-state index < -0.39 is 16.0 Å². The summed E-state index contributed by atoms with van der Waals surface area (Å²) in [5, 5.41) is 6.68. The van der Waals surface area contributed by atoms with Gasteiger partial charge < -0.3 is 14.2 Å². The SMILES string of the molecule is CCOC(=O)c1cn[nH]c1-c1ccc(S(=O)(=O)N2CCC(C(OC)OC)CC2)cc1. The first-order valence-electron chi connectivity index (χ1n) is 9.79. The Labute approximate surface area is 176 Å². The number of hydrogen-bond donors (Lipinski definition) is 1. The summed E-state index contributed by atoms with van der Waals surface area (Å²) < 4.78 is 43.2. The van der Waals surface area contributed by atoms with Gasteiger partial charge in [0.25, 0.3) is 0 Å². The van der Waals surface area contributed by atoms with Crippen LogP contribution in [-0.2, 0) is 24.2 Å². The molecular weight excluding hydrogens is 410 g/mol. The van der Waals surface area contributed by atoms with E-state index in [-0.39, 0.29) is 23.7 Å². The normalized spacial score (nSPS) is 16.1. The lowest BCUT2D eigenvalue weighted by Gasteiger charge is -2.34. The quantitative estimate of drug-likeness (QED) is 0.498. The molecule has 1 aromatic heterocycles. The Balaban J connectivity index is 1.74. The first-order chi connectivity index (χ1) is 14.4. The second kappa shape index (κ2) is 9.69. The minimum absolute atomic E-state index is 0.163. The van der Waals surface area contributed by atoms with Gasteiger partial charge in [-0.1, -0.05) is 12.1 Å². The highest BCUT2D eigenvalue weighted by Gasteiger charge is 2.32. The lowest BCUT2D eigenvalue weighted by Crippen LogP contribution is -2.42. The summed E-state index contributed by atoms with van der Waals surface area (Å²) >= 11 is 0. The molecule has 1 aliphatic rings. The molecule has 0 aliphatic carbocycles. The van der Waals surface area contributed by atoms with Crippen LogP contribution in [0.4, 0.5) is 0 Å². The highest BCUT2D eigenvalue weighted by molar-refractivity contribution is 7.89. The number of nitrogens with one attached hydrogen (secondary N) is 1. The second-order valence-corrected chi connectivity index (χ2v) is 8.92. The smallest absolute Gasteiger partial charge is 0.341 e. The molecule has 10 heteroatoms. The van der Waals surface area contributed by atoms with Crippen molar-refractivity contribution in [3.8, 4) is 11.3 Å². The van der Waals surface area contributed by atoms with Crippen LogP contribution in [-0.4, -0.2) is 69.1 Å². The molecule has 1 aliphatic heterocycles. The Morgan fingerprint density at radius 2 is 1.83 bits per heavy atom. The molecule has 9 nitrogen and oxygen atoms in total. The summed E-state index contributed by atoms with van der Waals surface area (Å²) in [6.07, 6.45) is 2.41. The van der Waals surface area contributed by atoms with Gasteiger partial charge in [0, 0.05) is 38.8 Å². The van der Waals surface area contributed by atoms with Crippen molar-refractivity contribution in [1.29, 1.82) is 0 Å². The van der Waals surface area contributed by atoms with E-state index in [1.165, 1.54) is 10.5 Å². The molecule has 3 rings (SSSR count). The van der Waals surface area contributed by atoms with E-state index in [9.17, 15) is 13.2 Å². The third-order valence-corrected chi connectivity index (χ3v) is 7.18. The Morgan fingerprint density at radius 1 is 1.20 bits per heavy atom. The van der Waals surface area contributed by atoms with Gasteiger partial charge in [0.05, 0.1) is 23.4 Å². The van der Waals surface area contributed by atoms with Crippen molar-refractivity contribution >= 4 is 16.0 Å². The van der Waals surface area contributed by atoms with Crippen molar-refractivity contribution in [3.63, 3.8) is 0 Å². The van der Waals surface area contributed by atoms with E-state index >= 15 is 0 Å². The van der Waals surface area contributed by atoms with Crippen molar-refractivity contribution < 1.29 is 27.4 Å². The lowest BCUT2D eigenvalue weighted by atomic mass is 9.97. The highest BCUT2D eigenvalue weighted by Crippen LogP contribution is 2.29. The molecule has 1 fully saturated rings. The van der Waals surface area contributed by atoms with Crippen molar-refractivity contribution in [2.75, 3.05) is 33.9 Å². The second-order valence-electron chi connectivity index (χ2n) is 6.98. The molecule has 2 aromatic rings. The van der Waals surface area contributed by atoms with Crippen LogP contribution in [0.5, 0.6) is 0 Å². The molecule has 0 bridgehead atoms. The minimum atomic E-state index is -3.61. The predicted molar refractivity (Wildman–Crippen MR) is 109 cm³/mol. The summed E-state index contributed by atoms with van der Waals surface area (Å²) in [5.74, 6) is -0.318. The van der Waals surface area contributed by atoms with Crippen LogP contribution in [0, 0.1) is 5.92 Å². The molecule has 0 saturated carbocycles. The van der Waals surface area contributed by atoms with Crippen molar-refractivity contribution in [2.45, 2.75) is 31.0 Å². The number of rotatable bonds is 8. The number of nitrogens with zero attached hydrogens (tertiary/aromatic N) is 2. The van der Waals surface area contributed by atoms with Gasteiger partial charge in [0.15, 0.2) is 6.29 Å². The fourth-order valence-electron chi connectivity index (χ4n) is 3.68. The van der Waals surface area contributed by atoms with Crippen LogP contribution in [0.25, 0.3) is 11.3 Å². The molecule has 0 spiro atoms. The fraction of sp³-hybridized carbons (Fsp3) is 0.500. The van der Waals surface area contributed by atoms with Crippen molar-refractivity contribution in [1.82, 2.24) is 14.5 Å². The Morgan fingerprint density at radius 3 is 2.40 bits per heavy atom. The number of esters is 1. The number of H-pyrrole nitrogens is 1. The third kappa shape index (κ3) is 4.56. The number of piperidine rings is 1. The van der Waals surface area contributed by atoms with E-state index in [1.54, 1.807) is 45.4 Å². The van der Waals surface area contributed by atoms with Gasteiger partial charge in [-0.15, -0.1) is 0 Å². The number of carbonyl (C=O) groups is 1. The zero-order valence-corrected chi connectivity index (χ0v) is 18.1. The van der Waals surface area contributed by atoms with Crippen molar-refractivity contribution in [2.24, 2.45) is 5.92 Å². The van der Waals surface area contributed by atoms with E-state index in [1.807, 2.05) is 0 Å². The number of aromatic nitrogens is 2. The van der Waals surface area contributed by atoms with Crippen LogP contribution < -0.4 is 0 Å². The van der Waals surface area contributed by atoms with E-state index in [2.05, 4.69) is 10.2 Å². The molecular formula is C20H27N3O6S. The summed E-state index contributed by atoms with van der Waals surface area (Å²) in [6, 6.07) is 6.39. The topological polar surface area (TPSA) is 111 Å². The Bertz CT molecular complexity index is 945. The number of aromatic amines is 1. The van der Waals surface area contributed by atoms with Crippen LogP contribution in [0.1, 0.15) is 30.1 Å². The van der Waals surface area contributed by atoms with Gasteiger partial charge >= 0.3 is 5.97 Å². The molecule has 1 saturated heterocycles. The molecule has 164 valence electrons. The largest absolute Gasteiger partial charge is 0.462 e. The number of benzene rings is 1. The van der Waals surface area contributed by atoms with Crippen LogP contribution in [0.3, 0.4) is 0 Å². The van der Waals surface area contributed by atoms with Gasteiger partial charge in [-0.3, -0.25) is 5.10 Å². The maximum absolute atomic E-state index is 13.0. The first-order valence-corrected chi connectivity index (χ1v) is 11.2. The van der Waals surface area contributed by atoms with E-state index in [0.717, 1.165) is 0 Å². The summed E-state index contributed by atoms with van der Waals surface area (Å²) in [7, 11) is -0.433. The van der Waals surface area contributed by atoms with Gasteiger partial charge in [0.2, 0.25) is 10.0 Å². The summed E-state index contributed by atoms with van der Waals surface area (Å²) in [4.78, 5) is 12.3. The maximum Gasteiger partial charge on any atom is 0.341 e. The lowest BCUT2D eigenvalue weighted by molar-refractivity contribution is -0.144. The van der Waals surface area contributed by atoms with E-state index in [4.69, 9.17) is 14.2 Å². The van der Waals surface area contributed by atoms with Gasteiger partial charge in [0.1, 0.15) is 5.56 Å². The van der Waals surface area contributed by atoms with Crippen LogP contribution >= 0.6 is 0 Å². The van der Waals surface area contributed by atoms with Gasteiger partial charge in [-0.25, -0.2) is 13.2 Å². The maximum atomic E-state index is 13.0. The fourth-order valence-corrected chi connectivity index (χ4v) is 5.15. The number of sulfonamides is 1. The summed E-state index contributed by atoms with van der Waals surface area (Å²) in [6.45, 7) is 2.80. The van der Waals surface area contributed by atoms with Crippen molar-refractivity contribution in [3.05, 3.63) is 36.0 Å². The monoisotopic (exact) mass is 437 g/mol. The van der Waals surface area contributed by atoms with Gasteiger partial charge in [-0.2, -0.15) is 9.40 Å². The Hall–Kier alpha value is -2.27. The van der Waals surface area contributed by atoms with E-state index in [0.29, 0.717) is 42.8 Å². The molecule has 0 unspecified atom stereocenters. The number of carbonyl (C=O) groups excluding carboxylic acids is 1. The molecule has 0 radical (unpaired) electrons. The number of ether oxygens (including phenoxy) is 3. The average Bonchev–Trinajstić information content (AvgIpc) is 3.25. The first kappa shape index (κ1) is 22.4. The van der Waals surface area contributed by atoms with Crippen LogP contribution in [0.2, 0.25) is 0 Å². The zero-order chi connectivity index (χ0) is 21.7. The average molecular weight is 438 g/mol. The molecule has 1 aromatic carbocycles. The molecule has 0 atom stereocenters. The summed E-state index contributed by atoms with van der Waals surface area (Å²) in [5.41, 5.74) is 1.44. The van der Waals surface area contributed by atoms with Crippen LogP contribution in [0.15, 0.2) is 35.4 Å². The van der Waals surface area contributed by atoms with Gasteiger partial charge in [-0.05, 0) is 31.9 Å². The molecule has 2 heterocycles. The molecule has 0 amide bonds.